The van der Waals surface area contributed by atoms with Crippen molar-refractivity contribution >= 4 is 5.96 Å². The average Bonchev–Trinajstić information content (AvgIpc) is 2.78. The van der Waals surface area contributed by atoms with Gasteiger partial charge in [-0.15, -0.1) is 0 Å². The number of aliphatic imine (C=N–C) groups is 1. The van der Waals surface area contributed by atoms with E-state index in [9.17, 15) is 0 Å². The monoisotopic (exact) mass is 180 g/mol. The van der Waals surface area contributed by atoms with Crippen LogP contribution in [0.3, 0.4) is 0 Å². The molecule has 5 heteroatoms. The topological polar surface area (TPSA) is 76.4 Å². The maximum atomic E-state index is 5.61. The summed E-state index contributed by atoms with van der Waals surface area (Å²) in [5, 5.41) is 6.65. The Labute approximate surface area is 76.0 Å². The van der Waals surface area contributed by atoms with E-state index in [1.54, 1.807) is 12.3 Å². The summed E-state index contributed by atoms with van der Waals surface area (Å²) in [6.07, 6.45) is 3.98. The van der Waals surface area contributed by atoms with Gasteiger partial charge in [0.2, 0.25) is 0 Å². The summed E-state index contributed by atoms with van der Waals surface area (Å²) < 4.78 is 4.86. The number of nitrogens with zero attached hydrogens (tertiary/aromatic N) is 2. The highest BCUT2D eigenvalue weighted by Gasteiger charge is 2.21. The fourth-order valence-corrected chi connectivity index (χ4v) is 0.969. The van der Waals surface area contributed by atoms with Crippen molar-refractivity contribution in [1.29, 1.82) is 0 Å². The zero-order chi connectivity index (χ0) is 9.10. The Morgan fingerprint density at radius 2 is 2.62 bits per heavy atom. The molecule has 0 atom stereocenters. The number of aromatic nitrogens is 1. The van der Waals surface area contributed by atoms with E-state index in [0.29, 0.717) is 18.5 Å². The third-order valence-corrected chi connectivity index (χ3v) is 1.83. The Balaban J connectivity index is 1.81. The van der Waals surface area contributed by atoms with E-state index in [2.05, 4.69) is 15.5 Å². The Hall–Kier alpha value is -1.52. The maximum absolute atomic E-state index is 5.61. The first-order valence-corrected chi connectivity index (χ1v) is 4.30. The molecule has 3 N–H and O–H groups in total. The molecule has 1 heterocycles. The van der Waals surface area contributed by atoms with Gasteiger partial charge < -0.3 is 15.6 Å². The Morgan fingerprint density at radius 1 is 1.77 bits per heavy atom. The second-order valence-corrected chi connectivity index (χ2v) is 3.10. The fourth-order valence-electron chi connectivity index (χ4n) is 0.969. The third kappa shape index (κ3) is 2.47. The molecule has 0 radical (unpaired) electrons. The molecule has 1 aliphatic rings. The van der Waals surface area contributed by atoms with Crippen molar-refractivity contribution in [2.45, 2.75) is 25.4 Å². The van der Waals surface area contributed by atoms with Crippen LogP contribution in [0.4, 0.5) is 0 Å². The lowest BCUT2D eigenvalue weighted by Gasteiger charge is -2.00. The summed E-state index contributed by atoms with van der Waals surface area (Å²) in [7, 11) is 0. The van der Waals surface area contributed by atoms with Crippen LogP contribution >= 0.6 is 0 Å². The molecule has 0 spiro atoms. The molecule has 0 aromatic carbocycles. The van der Waals surface area contributed by atoms with Gasteiger partial charge in [0.1, 0.15) is 6.54 Å². The smallest absolute Gasteiger partial charge is 0.189 e. The van der Waals surface area contributed by atoms with Gasteiger partial charge in [0.25, 0.3) is 0 Å². The minimum absolute atomic E-state index is 0.450. The molecule has 1 aliphatic carbocycles. The molecular formula is C8H12N4O. The Bertz CT molecular complexity index is 289. The number of nitrogens with one attached hydrogen (secondary N) is 1. The third-order valence-electron chi connectivity index (χ3n) is 1.83. The molecule has 5 nitrogen and oxygen atoms in total. The van der Waals surface area contributed by atoms with E-state index < -0.39 is 0 Å². The summed E-state index contributed by atoms with van der Waals surface area (Å²) in [6.45, 7) is 0.450. The molecule has 1 aromatic rings. The molecule has 0 amide bonds. The molecule has 0 saturated heterocycles. The molecule has 13 heavy (non-hydrogen) atoms. The maximum Gasteiger partial charge on any atom is 0.189 e. The van der Waals surface area contributed by atoms with Gasteiger partial charge in [-0.25, -0.2) is 4.99 Å². The second kappa shape index (κ2) is 3.47. The minimum Gasteiger partial charge on any atom is -0.370 e. The summed E-state index contributed by atoms with van der Waals surface area (Å²) in [4.78, 5) is 4.10. The van der Waals surface area contributed by atoms with Crippen molar-refractivity contribution in [1.82, 2.24) is 10.5 Å². The van der Waals surface area contributed by atoms with Crippen LogP contribution in [0.1, 0.15) is 18.6 Å². The molecule has 1 fully saturated rings. The number of rotatable bonds is 3. The van der Waals surface area contributed by atoms with Crippen LogP contribution < -0.4 is 11.1 Å². The average molecular weight is 180 g/mol. The first-order chi connectivity index (χ1) is 6.34. The van der Waals surface area contributed by atoms with Crippen molar-refractivity contribution in [2.24, 2.45) is 10.7 Å². The van der Waals surface area contributed by atoms with E-state index in [0.717, 1.165) is 5.76 Å². The van der Waals surface area contributed by atoms with E-state index >= 15 is 0 Å². The van der Waals surface area contributed by atoms with Crippen molar-refractivity contribution in [3.63, 3.8) is 0 Å². The SMILES string of the molecule is NC(=NCc1ccno1)NC1CC1. The van der Waals surface area contributed by atoms with Crippen LogP contribution in [-0.4, -0.2) is 17.2 Å². The largest absolute Gasteiger partial charge is 0.370 e. The molecule has 1 aromatic heterocycles. The highest BCUT2D eigenvalue weighted by Crippen LogP contribution is 2.18. The number of hydrogen-bond acceptors (Lipinski definition) is 3. The van der Waals surface area contributed by atoms with Gasteiger partial charge in [0.15, 0.2) is 11.7 Å². The lowest BCUT2D eigenvalue weighted by molar-refractivity contribution is 0.385. The van der Waals surface area contributed by atoms with Crippen LogP contribution in [0.25, 0.3) is 0 Å². The van der Waals surface area contributed by atoms with Gasteiger partial charge in [0, 0.05) is 12.1 Å². The van der Waals surface area contributed by atoms with Gasteiger partial charge >= 0.3 is 0 Å². The predicted molar refractivity (Wildman–Crippen MR) is 48.0 cm³/mol. The molecular weight excluding hydrogens is 168 g/mol. The summed E-state index contributed by atoms with van der Waals surface area (Å²) in [6, 6.07) is 2.31. The predicted octanol–water partition coefficient (Wildman–Crippen LogP) is 0.241. The normalized spacial score (nSPS) is 17.4. The highest BCUT2D eigenvalue weighted by molar-refractivity contribution is 5.78. The zero-order valence-electron chi connectivity index (χ0n) is 7.23. The molecule has 2 rings (SSSR count). The summed E-state index contributed by atoms with van der Waals surface area (Å²) in [5.41, 5.74) is 5.61. The van der Waals surface area contributed by atoms with E-state index in [4.69, 9.17) is 10.3 Å². The number of hydrogen-bond donors (Lipinski definition) is 2. The first kappa shape index (κ1) is 8.10. The van der Waals surface area contributed by atoms with E-state index in [-0.39, 0.29) is 0 Å². The van der Waals surface area contributed by atoms with Gasteiger partial charge in [-0.1, -0.05) is 5.16 Å². The van der Waals surface area contributed by atoms with Gasteiger partial charge in [0.05, 0.1) is 6.20 Å². The van der Waals surface area contributed by atoms with Crippen molar-refractivity contribution < 1.29 is 4.52 Å². The standard InChI is InChI=1S/C8H12N4O/c9-8(12-6-1-2-6)10-5-7-3-4-11-13-7/h3-4,6H,1-2,5H2,(H3,9,10,12). The first-order valence-electron chi connectivity index (χ1n) is 4.30. The van der Waals surface area contributed by atoms with Crippen LogP contribution in [0, 0.1) is 0 Å². The van der Waals surface area contributed by atoms with Crippen molar-refractivity contribution in [3.8, 4) is 0 Å². The van der Waals surface area contributed by atoms with E-state index in [1.165, 1.54) is 12.8 Å². The van der Waals surface area contributed by atoms with Crippen LogP contribution in [0.5, 0.6) is 0 Å². The van der Waals surface area contributed by atoms with Gasteiger partial charge in [-0.3, -0.25) is 0 Å². The van der Waals surface area contributed by atoms with Crippen molar-refractivity contribution in [3.05, 3.63) is 18.0 Å². The molecule has 70 valence electrons. The number of nitrogens with two attached hydrogens (primary N) is 1. The molecule has 0 aliphatic heterocycles. The van der Waals surface area contributed by atoms with Crippen LogP contribution in [-0.2, 0) is 6.54 Å². The van der Waals surface area contributed by atoms with Crippen LogP contribution in [0.15, 0.2) is 21.8 Å². The quantitative estimate of drug-likeness (QED) is 0.516. The zero-order valence-corrected chi connectivity index (χ0v) is 7.23. The Morgan fingerprint density at radius 3 is 3.23 bits per heavy atom. The molecule has 1 saturated carbocycles. The van der Waals surface area contributed by atoms with Crippen molar-refractivity contribution in [2.75, 3.05) is 0 Å². The number of guanidine groups is 1. The highest BCUT2D eigenvalue weighted by atomic mass is 16.5. The van der Waals surface area contributed by atoms with E-state index in [1.807, 2.05) is 0 Å². The molecule has 0 unspecified atom stereocenters. The lowest BCUT2D eigenvalue weighted by atomic mass is 10.5. The second-order valence-electron chi connectivity index (χ2n) is 3.10. The Kier molecular flexibility index (Phi) is 2.16. The summed E-state index contributed by atoms with van der Waals surface area (Å²) in [5.74, 6) is 1.21. The van der Waals surface area contributed by atoms with Crippen LogP contribution in [0.2, 0.25) is 0 Å². The lowest BCUT2D eigenvalue weighted by Crippen LogP contribution is -2.33. The van der Waals surface area contributed by atoms with Gasteiger partial charge in [-0.05, 0) is 12.8 Å². The minimum atomic E-state index is 0.450. The van der Waals surface area contributed by atoms with Gasteiger partial charge in [-0.2, -0.15) is 0 Å². The fraction of sp³-hybridized carbons (Fsp3) is 0.500. The summed E-state index contributed by atoms with van der Waals surface area (Å²) >= 11 is 0. The molecule has 0 bridgehead atoms.